The van der Waals surface area contributed by atoms with Crippen molar-refractivity contribution in [2.45, 2.75) is 12.6 Å². The van der Waals surface area contributed by atoms with E-state index in [1.54, 1.807) is 0 Å². The monoisotopic (exact) mass is 207 g/mol. The van der Waals surface area contributed by atoms with Crippen molar-refractivity contribution in [3.8, 4) is 0 Å². The molecule has 0 radical (unpaired) electrons. The standard InChI is InChI=1S/C8H8F3NO2/c1-12-4-5(13)2-3-6(7(12)14)8(9,10)11/h3-4,13H,2H2,1H3. The molecule has 0 aromatic rings. The van der Waals surface area contributed by atoms with Crippen molar-refractivity contribution in [2.24, 2.45) is 0 Å². The molecule has 3 nitrogen and oxygen atoms in total. The highest BCUT2D eigenvalue weighted by Gasteiger charge is 2.40. The topological polar surface area (TPSA) is 40.5 Å². The lowest BCUT2D eigenvalue weighted by atomic mass is 10.2. The number of carbonyl (C=O) groups is 1. The van der Waals surface area contributed by atoms with Crippen LogP contribution >= 0.6 is 0 Å². The Labute approximate surface area is 78.1 Å². The third-order valence-electron chi connectivity index (χ3n) is 1.71. The van der Waals surface area contributed by atoms with E-state index in [-0.39, 0.29) is 12.2 Å². The summed E-state index contributed by atoms with van der Waals surface area (Å²) in [5.74, 6) is -1.44. The molecule has 0 saturated carbocycles. The van der Waals surface area contributed by atoms with Crippen LogP contribution in [0.5, 0.6) is 0 Å². The fourth-order valence-electron chi connectivity index (χ4n) is 1.06. The van der Waals surface area contributed by atoms with E-state index < -0.39 is 17.7 Å². The summed E-state index contributed by atoms with van der Waals surface area (Å²) in [4.78, 5) is 11.8. The maximum atomic E-state index is 12.3. The summed E-state index contributed by atoms with van der Waals surface area (Å²) in [6.07, 6.45) is -3.32. The first-order chi connectivity index (χ1) is 6.32. The molecule has 1 aliphatic heterocycles. The number of hydrogen-bond donors (Lipinski definition) is 1. The number of nitrogens with zero attached hydrogens (tertiary/aromatic N) is 1. The van der Waals surface area contributed by atoms with Crippen molar-refractivity contribution in [2.75, 3.05) is 7.05 Å². The highest BCUT2D eigenvalue weighted by molar-refractivity contribution is 5.95. The second-order valence-electron chi connectivity index (χ2n) is 2.86. The van der Waals surface area contributed by atoms with Gasteiger partial charge in [0.1, 0.15) is 11.3 Å². The summed E-state index contributed by atoms with van der Waals surface area (Å²) in [7, 11) is 1.16. The third-order valence-corrected chi connectivity index (χ3v) is 1.71. The third kappa shape index (κ3) is 2.07. The summed E-state index contributed by atoms with van der Waals surface area (Å²) in [6.45, 7) is 0. The smallest absolute Gasteiger partial charge is 0.421 e. The highest BCUT2D eigenvalue weighted by atomic mass is 19.4. The van der Waals surface area contributed by atoms with E-state index in [2.05, 4.69) is 0 Å². The first-order valence-corrected chi connectivity index (χ1v) is 3.76. The summed E-state index contributed by atoms with van der Waals surface area (Å²) in [6, 6.07) is 0. The summed E-state index contributed by atoms with van der Waals surface area (Å²) in [5, 5.41) is 9.02. The van der Waals surface area contributed by atoms with E-state index in [0.717, 1.165) is 13.2 Å². The van der Waals surface area contributed by atoms with E-state index >= 15 is 0 Å². The molecule has 0 atom stereocenters. The molecule has 1 rings (SSSR count). The number of rotatable bonds is 0. The van der Waals surface area contributed by atoms with Gasteiger partial charge in [0.15, 0.2) is 0 Å². The minimum absolute atomic E-state index is 0.278. The van der Waals surface area contributed by atoms with Crippen LogP contribution < -0.4 is 0 Å². The van der Waals surface area contributed by atoms with Gasteiger partial charge in [0, 0.05) is 19.7 Å². The highest BCUT2D eigenvalue weighted by Crippen LogP contribution is 2.29. The van der Waals surface area contributed by atoms with Crippen molar-refractivity contribution in [1.82, 2.24) is 4.90 Å². The second kappa shape index (κ2) is 3.36. The largest absolute Gasteiger partial charge is 0.510 e. The number of allylic oxidation sites excluding steroid dienone is 1. The number of halogens is 3. The van der Waals surface area contributed by atoms with E-state index in [0.29, 0.717) is 11.0 Å². The van der Waals surface area contributed by atoms with Gasteiger partial charge >= 0.3 is 6.18 Å². The van der Waals surface area contributed by atoms with Crippen molar-refractivity contribution in [1.29, 1.82) is 0 Å². The molecule has 0 aromatic carbocycles. The molecule has 1 amide bonds. The lowest BCUT2D eigenvalue weighted by molar-refractivity contribution is -0.136. The van der Waals surface area contributed by atoms with Gasteiger partial charge in [0.25, 0.3) is 5.91 Å². The Kier molecular flexibility index (Phi) is 2.55. The van der Waals surface area contributed by atoms with Gasteiger partial charge in [-0.25, -0.2) is 0 Å². The molecule has 0 aromatic heterocycles. The first kappa shape index (κ1) is 10.6. The maximum Gasteiger partial charge on any atom is 0.421 e. The van der Waals surface area contributed by atoms with Gasteiger partial charge in [-0.3, -0.25) is 4.79 Å². The number of hydrogen-bond acceptors (Lipinski definition) is 2. The lowest BCUT2D eigenvalue weighted by Gasteiger charge is -2.14. The maximum absolute atomic E-state index is 12.3. The Morgan fingerprint density at radius 3 is 2.57 bits per heavy atom. The van der Waals surface area contributed by atoms with Crippen LogP contribution in [-0.2, 0) is 4.79 Å². The van der Waals surface area contributed by atoms with Gasteiger partial charge in [-0.2, -0.15) is 13.2 Å². The van der Waals surface area contributed by atoms with E-state index in [1.165, 1.54) is 0 Å². The Hall–Kier alpha value is -1.46. The molecule has 1 N–H and O–H groups in total. The minimum Gasteiger partial charge on any atom is -0.510 e. The van der Waals surface area contributed by atoms with Crippen LogP contribution in [0.4, 0.5) is 13.2 Å². The molecular formula is C8H8F3NO2. The molecule has 0 fully saturated rings. The van der Waals surface area contributed by atoms with Gasteiger partial charge < -0.3 is 10.0 Å². The van der Waals surface area contributed by atoms with E-state index in [1.807, 2.05) is 0 Å². The minimum atomic E-state index is -4.68. The van der Waals surface area contributed by atoms with Crippen molar-refractivity contribution >= 4 is 5.91 Å². The van der Waals surface area contributed by atoms with Crippen LogP contribution in [0.3, 0.4) is 0 Å². The second-order valence-corrected chi connectivity index (χ2v) is 2.86. The number of amides is 1. The molecule has 6 heteroatoms. The SMILES string of the molecule is CN1C=C(O)CC=C(C(F)(F)F)C1=O. The number of aliphatic hydroxyl groups is 1. The molecule has 1 aliphatic rings. The van der Waals surface area contributed by atoms with Crippen LogP contribution in [0.15, 0.2) is 23.6 Å². The molecule has 0 aliphatic carbocycles. The summed E-state index contributed by atoms with van der Waals surface area (Å²) >= 11 is 0. The number of carbonyl (C=O) groups excluding carboxylic acids is 1. The Morgan fingerprint density at radius 2 is 2.07 bits per heavy atom. The van der Waals surface area contributed by atoms with Crippen molar-refractivity contribution in [3.63, 3.8) is 0 Å². The zero-order chi connectivity index (χ0) is 10.9. The Bertz CT molecular complexity index is 317. The first-order valence-electron chi connectivity index (χ1n) is 3.76. The van der Waals surface area contributed by atoms with Crippen molar-refractivity contribution in [3.05, 3.63) is 23.6 Å². The zero-order valence-corrected chi connectivity index (χ0v) is 7.30. The van der Waals surface area contributed by atoms with Gasteiger partial charge in [-0.05, 0) is 0 Å². The number of aliphatic hydroxyl groups excluding tert-OH is 1. The van der Waals surface area contributed by atoms with Crippen LogP contribution in [0.1, 0.15) is 6.42 Å². The van der Waals surface area contributed by atoms with Crippen LogP contribution in [-0.4, -0.2) is 29.1 Å². The fraction of sp³-hybridized carbons (Fsp3) is 0.375. The average molecular weight is 207 g/mol. The molecule has 1 heterocycles. The Morgan fingerprint density at radius 1 is 1.50 bits per heavy atom. The quantitative estimate of drug-likeness (QED) is 0.657. The fourth-order valence-corrected chi connectivity index (χ4v) is 1.06. The molecular weight excluding hydrogens is 199 g/mol. The lowest BCUT2D eigenvalue weighted by Crippen LogP contribution is -2.29. The summed E-state index contributed by atoms with van der Waals surface area (Å²) in [5.41, 5.74) is -1.25. The van der Waals surface area contributed by atoms with Crippen molar-refractivity contribution < 1.29 is 23.1 Å². The zero-order valence-electron chi connectivity index (χ0n) is 7.30. The van der Waals surface area contributed by atoms with Gasteiger partial charge in [0.05, 0.1) is 0 Å². The molecule has 0 bridgehead atoms. The summed E-state index contributed by atoms with van der Waals surface area (Å²) < 4.78 is 36.8. The van der Waals surface area contributed by atoms with Crippen LogP contribution in [0.2, 0.25) is 0 Å². The molecule has 0 unspecified atom stereocenters. The average Bonchev–Trinajstić information content (AvgIpc) is 2.11. The van der Waals surface area contributed by atoms with Gasteiger partial charge in [0.2, 0.25) is 0 Å². The van der Waals surface area contributed by atoms with E-state index in [9.17, 15) is 18.0 Å². The van der Waals surface area contributed by atoms with Gasteiger partial charge in [-0.1, -0.05) is 6.08 Å². The normalized spacial score (nSPS) is 18.9. The van der Waals surface area contributed by atoms with E-state index in [4.69, 9.17) is 5.11 Å². The number of likely N-dealkylation sites (N-methyl/N-ethyl adjacent to an activating group) is 1. The molecule has 78 valence electrons. The van der Waals surface area contributed by atoms with Crippen LogP contribution in [0.25, 0.3) is 0 Å². The number of alkyl halides is 3. The molecule has 14 heavy (non-hydrogen) atoms. The molecule has 0 spiro atoms. The van der Waals surface area contributed by atoms with Crippen LogP contribution in [0, 0.1) is 0 Å². The predicted octanol–water partition coefficient (Wildman–Crippen LogP) is 1.74. The predicted molar refractivity (Wildman–Crippen MR) is 42.2 cm³/mol. The van der Waals surface area contributed by atoms with Gasteiger partial charge in [-0.15, -0.1) is 0 Å². The molecule has 0 saturated heterocycles. The Balaban J connectivity index is 3.06.